The van der Waals surface area contributed by atoms with Crippen molar-refractivity contribution < 1.29 is 0 Å². The van der Waals surface area contributed by atoms with Gasteiger partial charge in [0.2, 0.25) is 5.95 Å². The van der Waals surface area contributed by atoms with Gasteiger partial charge in [-0.15, -0.1) is 0 Å². The summed E-state index contributed by atoms with van der Waals surface area (Å²) in [6.45, 7) is 2.20. The minimum absolute atomic E-state index is 0.439. The molecule has 108 valence electrons. The van der Waals surface area contributed by atoms with E-state index in [4.69, 9.17) is 5.84 Å². The van der Waals surface area contributed by atoms with E-state index in [1.54, 1.807) is 0 Å². The summed E-state index contributed by atoms with van der Waals surface area (Å²) in [7, 11) is 2.08. The Kier molecular flexibility index (Phi) is 5.03. The molecule has 6 heteroatoms. The second-order valence-corrected chi connectivity index (χ2v) is 5.57. The van der Waals surface area contributed by atoms with E-state index >= 15 is 0 Å². The molecule has 0 fully saturated rings. The number of hydrazine groups is 1. The minimum Gasteiger partial charge on any atom is -0.355 e. The molecule has 2 aromatic rings. The summed E-state index contributed by atoms with van der Waals surface area (Å²) in [5.41, 5.74) is 3.45. The molecule has 1 atom stereocenters. The molecule has 1 aromatic heterocycles. The number of aromatic nitrogens is 2. The molecule has 1 aromatic carbocycles. The molecule has 5 nitrogen and oxygen atoms in total. The molecule has 3 N–H and O–H groups in total. The quantitative estimate of drug-likeness (QED) is 0.629. The Balaban J connectivity index is 2.50. The van der Waals surface area contributed by atoms with E-state index < -0.39 is 0 Å². The molecule has 0 aliphatic rings. The van der Waals surface area contributed by atoms with Crippen molar-refractivity contribution in [2.45, 2.75) is 19.4 Å². The lowest BCUT2D eigenvalue weighted by Crippen LogP contribution is -2.34. The van der Waals surface area contributed by atoms with E-state index in [0.29, 0.717) is 12.0 Å². The van der Waals surface area contributed by atoms with Gasteiger partial charge in [0.1, 0.15) is 5.82 Å². The number of nitrogens with one attached hydrogen (secondary N) is 1. The molecule has 0 bridgehead atoms. The van der Waals surface area contributed by atoms with Crippen LogP contribution in [0.2, 0.25) is 0 Å². The van der Waals surface area contributed by atoms with Gasteiger partial charge in [0, 0.05) is 24.2 Å². The fourth-order valence-electron chi connectivity index (χ4n) is 2.26. The van der Waals surface area contributed by atoms with Crippen LogP contribution in [0, 0.1) is 0 Å². The van der Waals surface area contributed by atoms with Crippen molar-refractivity contribution in [3.8, 4) is 0 Å². The van der Waals surface area contributed by atoms with Crippen LogP contribution in [0.5, 0.6) is 0 Å². The molecule has 2 rings (SSSR count). The molecule has 0 saturated carbocycles. The molecular weight excluding hydrogens is 270 g/mol. The van der Waals surface area contributed by atoms with E-state index in [2.05, 4.69) is 40.5 Å². The lowest BCUT2D eigenvalue weighted by atomic mass is 10.2. The summed E-state index contributed by atoms with van der Waals surface area (Å²) in [6.07, 6.45) is 3.20. The lowest BCUT2D eigenvalue weighted by Gasteiger charge is -2.28. The van der Waals surface area contributed by atoms with Gasteiger partial charge in [0.05, 0.1) is 5.52 Å². The monoisotopic (exact) mass is 291 g/mol. The third kappa shape index (κ3) is 2.96. The second kappa shape index (κ2) is 6.76. The van der Waals surface area contributed by atoms with Crippen LogP contribution in [0.3, 0.4) is 0 Å². The third-order valence-electron chi connectivity index (χ3n) is 3.42. The fraction of sp³-hybridized carbons (Fsp3) is 0.429. The molecule has 0 aliphatic heterocycles. The van der Waals surface area contributed by atoms with Crippen LogP contribution in [-0.4, -0.2) is 35.1 Å². The van der Waals surface area contributed by atoms with Crippen LogP contribution >= 0.6 is 11.8 Å². The lowest BCUT2D eigenvalue weighted by molar-refractivity contribution is 0.668. The number of fused-ring (bicyclic) bond motifs is 1. The van der Waals surface area contributed by atoms with Gasteiger partial charge in [-0.05, 0) is 24.8 Å². The molecule has 1 unspecified atom stereocenters. The van der Waals surface area contributed by atoms with Gasteiger partial charge in [-0.2, -0.15) is 16.7 Å². The van der Waals surface area contributed by atoms with E-state index in [-0.39, 0.29) is 0 Å². The van der Waals surface area contributed by atoms with Crippen molar-refractivity contribution in [2.24, 2.45) is 5.84 Å². The van der Waals surface area contributed by atoms with Crippen LogP contribution in [0.25, 0.3) is 10.9 Å². The number of para-hydroxylation sites is 1. The Hall–Kier alpha value is -1.53. The number of nitrogens with two attached hydrogens (primary N) is 1. The number of rotatable bonds is 6. The van der Waals surface area contributed by atoms with E-state index in [1.165, 1.54) is 0 Å². The minimum atomic E-state index is 0.439. The molecule has 0 aliphatic carbocycles. The highest BCUT2D eigenvalue weighted by molar-refractivity contribution is 7.98. The first-order chi connectivity index (χ1) is 9.71. The zero-order chi connectivity index (χ0) is 14.5. The normalized spacial score (nSPS) is 12.4. The van der Waals surface area contributed by atoms with Gasteiger partial charge < -0.3 is 4.90 Å². The average molecular weight is 291 g/mol. The van der Waals surface area contributed by atoms with Crippen molar-refractivity contribution in [1.29, 1.82) is 0 Å². The standard InChI is InChI=1S/C14H21N5S/c1-4-10(9-20-3)19(2)13-11-7-5-6-8-12(11)16-14(17-13)18-15/h5-8,10H,4,9,15H2,1-3H3,(H,16,17,18). The first-order valence-corrected chi connectivity index (χ1v) is 8.05. The van der Waals surface area contributed by atoms with Crippen molar-refractivity contribution in [3.05, 3.63) is 24.3 Å². The molecule has 20 heavy (non-hydrogen) atoms. The fourth-order valence-corrected chi connectivity index (χ4v) is 3.11. The zero-order valence-corrected chi connectivity index (χ0v) is 12.9. The van der Waals surface area contributed by atoms with E-state index in [1.807, 2.05) is 36.0 Å². The summed E-state index contributed by atoms with van der Waals surface area (Å²) in [6, 6.07) is 8.44. The maximum atomic E-state index is 5.48. The van der Waals surface area contributed by atoms with Gasteiger partial charge in [-0.1, -0.05) is 19.1 Å². The van der Waals surface area contributed by atoms with Crippen molar-refractivity contribution >= 4 is 34.4 Å². The summed E-state index contributed by atoms with van der Waals surface area (Å²) < 4.78 is 0. The number of nitrogen functional groups attached to an aromatic ring is 1. The van der Waals surface area contributed by atoms with Crippen molar-refractivity contribution in [3.63, 3.8) is 0 Å². The summed E-state index contributed by atoms with van der Waals surface area (Å²) >= 11 is 1.85. The Morgan fingerprint density at radius 2 is 2.10 bits per heavy atom. The number of hydrogen-bond acceptors (Lipinski definition) is 6. The number of anilines is 2. The highest BCUT2D eigenvalue weighted by Crippen LogP contribution is 2.26. The number of nitrogens with zero attached hydrogens (tertiary/aromatic N) is 3. The van der Waals surface area contributed by atoms with Gasteiger partial charge in [0.25, 0.3) is 0 Å². The first kappa shape index (κ1) is 14.9. The van der Waals surface area contributed by atoms with E-state index in [9.17, 15) is 0 Å². The average Bonchev–Trinajstić information content (AvgIpc) is 2.50. The predicted molar refractivity (Wildman–Crippen MR) is 88.2 cm³/mol. The van der Waals surface area contributed by atoms with Gasteiger partial charge in [-0.25, -0.2) is 10.8 Å². The Labute approximate surface area is 123 Å². The zero-order valence-electron chi connectivity index (χ0n) is 12.1. The first-order valence-electron chi connectivity index (χ1n) is 6.66. The molecule has 0 saturated heterocycles. The molecule has 0 spiro atoms. The Bertz CT molecular complexity index is 574. The van der Waals surface area contributed by atoms with Crippen LogP contribution in [0.4, 0.5) is 11.8 Å². The topological polar surface area (TPSA) is 67.1 Å². The Morgan fingerprint density at radius 3 is 2.75 bits per heavy atom. The van der Waals surface area contributed by atoms with E-state index in [0.717, 1.165) is 28.9 Å². The second-order valence-electron chi connectivity index (χ2n) is 4.66. The smallest absolute Gasteiger partial charge is 0.239 e. The highest BCUT2D eigenvalue weighted by Gasteiger charge is 2.17. The highest BCUT2D eigenvalue weighted by atomic mass is 32.2. The number of hydrogen-bond donors (Lipinski definition) is 2. The van der Waals surface area contributed by atoms with Gasteiger partial charge in [0.15, 0.2) is 0 Å². The van der Waals surface area contributed by atoms with Crippen LogP contribution in [-0.2, 0) is 0 Å². The van der Waals surface area contributed by atoms with Crippen LogP contribution in [0.1, 0.15) is 13.3 Å². The third-order valence-corrected chi connectivity index (χ3v) is 4.14. The van der Waals surface area contributed by atoms with Crippen molar-refractivity contribution in [2.75, 3.05) is 29.4 Å². The summed E-state index contributed by atoms with van der Waals surface area (Å²) in [5.74, 6) is 7.92. The summed E-state index contributed by atoms with van der Waals surface area (Å²) in [4.78, 5) is 11.2. The number of benzene rings is 1. The Morgan fingerprint density at radius 1 is 1.35 bits per heavy atom. The maximum absolute atomic E-state index is 5.48. The SMILES string of the molecule is CCC(CSC)N(C)c1nc(NN)nc2ccccc12. The molecular formula is C14H21N5S. The maximum Gasteiger partial charge on any atom is 0.239 e. The molecule has 1 heterocycles. The predicted octanol–water partition coefficient (Wildman–Crippen LogP) is 2.49. The number of thioether (sulfide) groups is 1. The van der Waals surface area contributed by atoms with Crippen molar-refractivity contribution in [1.82, 2.24) is 9.97 Å². The van der Waals surface area contributed by atoms with Gasteiger partial charge in [-0.3, -0.25) is 5.43 Å². The molecule has 0 radical (unpaired) electrons. The van der Waals surface area contributed by atoms with Crippen LogP contribution in [0.15, 0.2) is 24.3 Å². The summed E-state index contributed by atoms with van der Waals surface area (Å²) in [5, 5.41) is 1.05. The van der Waals surface area contributed by atoms with Crippen LogP contribution < -0.4 is 16.2 Å². The largest absolute Gasteiger partial charge is 0.355 e. The van der Waals surface area contributed by atoms with Gasteiger partial charge >= 0.3 is 0 Å². The molecule has 0 amide bonds.